The van der Waals surface area contributed by atoms with Crippen LogP contribution in [-0.2, 0) is 4.74 Å². The van der Waals surface area contributed by atoms with Crippen molar-refractivity contribution >= 4 is 0 Å². The van der Waals surface area contributed by atoms with E-state index in [0.29, 0.717) is 12.0 Å². The number of ether oxygens (including phenoxy) is 1. The highest BCUT2D eigenvalue weighted by Gasteiger charge is 2.42. The van der Waals surface area contributed by atoms with Crippen LogP contribution in [0.2, 0.25) is 0 Å². The molecule has 21 heavy (non-hydrogen) atoms. The van der Waals surface area contributed by atoms with Crippen molar-refractivity contribution in [3.05, 3.63) is 22.6 Å². The van der Waals surface area contributed by atoms with Crippen molar-refractivity contribution in [1.82, 2.24) is 5.32 Å². The van der Waals surface area contributed by atoms with Crippen molar-refractivity contribution < 1.29 is 9.15 Å². The Morgan fingerprint density at radius 1 is 1.14 bits per heavy atom. The van der Waals surface area contributed by atoms with Crippen LogP contribution in [0.25, 0.3) is 0 Å². The van der Waals surface area contributed by atoms with Gasteiger partial charge in [0.15, 0.2) is 0 Å². The Bertz CT molecular complexity index is 500. The molecule has 0 aromatic carbocycles. The molecule has 1 aliphatic heterocycles. The van der Waals surface area contributed by atoms with Crippen LogP contribution in [0.1, 0.15) is 67.2 Å². The first-order valence-corrected chi connectivity index (χ1v) is 8.44. The zero-order valence-electron chi connectivity index (χ0n) is 13.9. The van der Waals surface area contributed by atoms with E-state index in [1.165, 1.54) is 43.2 Å². The normalized spacial score (nSPS) is 26.4. The van der Waals surface area contributed by atoms with E-state index in [1.54, 1.807) is 0 Å². The maximum Gasteiger partial charge on any atom is 0.106 e. The predicted molar refractivity (Wildman–Crippen MR) is 84.6 cm³/mol. The van der Waals surface area contributed by atoms with Gasteiger partial charge in [-0.3, -0.25) is 0 Å². The molecule has 1 spiro atoms. The van der Waals surface area contributed by atoms with Crippen LogP contribution in [0.3, 0.4) is 0 Å². The Morgan fingerprint density at radius 2 is 1.86 bits per heavy atom. The van der Waals surface area contributed by atoms with Gasteiger partial charge >= 0.3 is 0 Å². The molecule has 0 amide bonds. The second kappa shape index (κ2) is 5.77. The number of hydrogen-bond donors (Lipinski definition) is 1. The molecule has 0 radical (unpaired) electrons. The number of furan rings is 1. The SMILES string of the molecule is CNC(c1c(C)oc(C)c1C)C1CCOC2(CCCC2)C1. The number of nitrogens with one attached hydrogen (secondary N) is 1. The van der Waals surface area contributed by atoms with E-state index in [2.05, 4.69) is 33.1 Å². The van der Waals surface area contributed by atoms with Gasteiger partial charge < -0.3 is 14.5 Å². The molecule has 2 fully saturated rings. The van der Waals surface area contributed by atoms with Crippen LogP contribution in [0.15, 0.2) is 4.42 Å². The van der Waals surface area contributed by atoms with E-state index in [9.17, 15) is 0 Å². The summed E-state index contributed by atoms with van der Waals surface area (Å²) in [6, 6.07) is 0.392. The highest BCUT2D eigenvalue weighted by molar-refractivity contribution is 5.35. The van der Waals surface area contributed by atoms with Crippen molar-refractivity contribution in [2.24, 2.45) is 5.92 Å². The van der Waals surface area contributed by atoms with Crippen molar-refractivity contribution in [2.45, 2.75) is 70.9 Å². The predicted octanol–water partition coefficient (Wildman–Crippen LogP) is 4.20. The fraction of sp³-hybridized carbons (Fsp3) is 0.778. The first-order chi connectivity index (χ1) is 10.1. The molecular formula is C18H29NO2. The average Bonchev–Trinajstić information content (AvgIpc) is 3.00. The van der Waals surface area contributed by atoms with Crippen LogP contribution in [0.5, 0.6) is 0 Å². The monoisotopic (exact) mass is 291 g/mol. The third-order valence-corrected chi connectivity index (χ3v) is 5.76. The lowest BCUT2D eigenvalue weighted by atomic mass is 9.78. The standard InChI is InChI=1S/C18H29NO2/c1-12-13(2)21-14(3)16(12)17(19-4)15-7-10-20-18(11-15)8-5-6-9-18/h15,17,19H,5-11H2,1-4H3. The minimum Gasteiger partial charge on any atom is -0.466 e. The Kier molecular flexibility index (Phi) is 4.15. The first-order valence-electron chi connectivity index (χ1n) is 8.44. The van der Waals surface area contributed by atoms with Gasteiger partial charge in [0.1, 0.15) is 11.5 Å². The molecule has 1 saturated carbocycles. The van der Waals surface area contributed by atoms with Crippen LogP contribution in [0.4, 0.5) is 0 Å². The van der Waals surface area contributed by atoms with E-state index in [-0.39, 0.29) is 5.60 Å². The van der Waals surface area contributed by atoms with E-state index >= 15 is 0 Å². The highest BCUT2D eigenvalue weighted by Crippen LogP contribution is 2.46. The van der Waals surface area contributed by atoms with Gasteiger partial charge in [-0.25, -0.2) is 0 Å². The lowest BCUT2D eigenvalue weighted by molar-refractivity contribution is -0.0979. The van der Waals surface area contributed by atoms with Crippen LogP contribution in [0, 0.1) is 26.7 Å². The summed E-state index contributed by atoms with van der Waals surface area (Å²) < 4.78 is 12.1. The summed E-state index contributed by atoms with van der Waals surface area (Å²) in [7, 11) is 2.09. The van der Waals surface area contributed by atoms with E-state index in [0.717, 1.165) is 24.5 Å². The molecule has 0 bridgehead atoms. The smallest absolute Gasteiger partial charge is 0.106 e. The molecule has 1 aromatic rings. The molecule has 2 aliphatic rings. The summed E-state index contributed by atoms with van der Waals surface area (Å²) in [5, 5.41) is 3.57. The Morgan fingerprint density at radius 3 is 2.43 bits per heavy atom. The first kappa shape index (κ1) is 15.1. The highest BCUT2D eigenvalue weighted by atomic mass is 16.5. The van der Waals surface area contributed by atoms with Crippen LogP contribution < -0.4 is 5.32 Å². The van der Waals surface area contributed by atoms with Crippen molar-refractivity contribution in [1.29, 1.82) is 0 Å². The van der Waals surface area contributed by atoms with E-state index in [1.807, 2.05) is 0 Å². The Labute approximate surface area is 128 Å². The number of aryl methyl sites for hydroxylation is 2. The second-order valence-corrected chi connectivity index (χ2v) is 7.01. The lowest BCUT2D eigenvalue weighted by Crippen LogP contribution is -2.41. The molecule has 2 atom stereocenters. The summed E-state index contributed by atoms with van der Waals surface area (Å²) in [6.07, 6.45) is 7.52. The molecule has 1 N–H and O–H groups in total. The summed E-state index contributed by atoms with van der Waals surface area (Å²) in [5.74, 6) is 2.79. The van der Waals surface area contributed by atoms with E-state index < -0.39 is 0 Å². The van der Waals surface area contributed by atoms with Crippen molar-refractivity contribution in [2.75, 3.05) is 13.7 Å². The van der Waals surface area contributed by atoms with Gasteiger partial charge in [-0.2, -0.15) is 0 Å². The minimum absolute atomic E-state index is 0.179. The number of rotatable bonds is 3. The Hall–Kier alpha value is -0.800. The lowest BCUT2D eigenvalue weighted by Gasteiger charge is -2.41. The zero-order chi connectivity index (χ0) is 15.0. The molecule has 2 unspecified atom stereocenters. The third-order valence-electron chi connectivity index (χ3n) is 5.76. The molecular weight excluding hydrogens is 262 g/mol. The quantitative estimate of drug-likeness (QED) is 0.906. The van der Waals surface area contributed by atoms with Crippen LogP contribution >= 0.6 is 0 Å². The van der Waals surface area contributed by atoms with Gasteiger partial charge in [0, 0.05) is 18.2 Å². The maximum absolute atomic E-state index is 6.20. The molecule has 2 heterocycles. The zero-order valence-corrected chi connectivity index (χ0v) is 13.9. The molecule has 3 heteroatoms. The van der Waals surface area contributed by atoms with Crippen molar-refractivity contribution in [3.63, 3.8) is 0 Å². The fourth-order valence-corrected chi connectivity index (χ4v) is 4.60. The maximum atomic E-state index is 6.20. The van der Waals surface area contributed by atoms with Crippen molar-refractivity contribution in [3.8, 4) is 0 Å². The number of hydrogen-bond acceptors (Lipinski definition) is 3. The molecule has 3 nitrogen and oxygen atoms in total. The summed E-state index contributed by atoms with van der Waals surface area (Å²) in [4.78, 5) is 0. The second-order valence-electron chi connectivity index (χ2n) is 7.01. The van der Waals surface area contributed by atoms with Gasteiger partial charge in [-0.15, -0.1) is 0 Å². The van der Waals surface area contributed by atoms with E-state index in [4.69, 9.17) is 9.15 Å². The largest absolute Gasteiger partial charge is 0.466 e. The average molecular weight is 291 g/mol. The van der Waals surface area contributed by atoms with Gasteiger partial charge in [0.05, 0.1) is 5.60 Å². The Balaban J connectivity index is 1.85. The molecule has 1 aromatic heterocycles. The molecule has 118 valence electrons. The minimum atomic E-state index is 0.179. The molecule has 3 rings (SSSR count). The molecule has 1 aliphatic carbocycles. The van der Waals surface area contributed by atoms with Gasteiger partial charge in [0.2, 0.25) is 0 Å². The summed E-state index contributed by atoms with van der Waals surface area (Å²) in [6.45, 7) is 7.28. The summed E-state index contributed by atoms with van der Waals surface area (Å²) >= 11 is 0. The third kappa shape index (κ3) is 2.66. The van der Waals surface area contributed by atoms with Gasteiger partial charge in [-0.05, 0) is 65.0 Å². The summed E-state index contributed by atoms with van der Waals surface area (Å²) in [5.41, 5.74) is 2.88. The van der Waals surface area contributed by atoms with Crippen LogP contribution in [-0.4, -0.2) is 19.3 Å². The van der Waals surface area contributed by atoms with Gasteiger partial charge in [0.25, 0.3) is 0 Å². The molecule has 1 saturated heterocycles. The van der Waals surface area contributed by atoms with Gasteiger partial charge in [-0.1, -0.05) is 12.8 Å². The topological polar surface area (TPSA) is 34.4 Å². The fourth-order valence-electron chi connectivity index (χ4n) is 4.60.